The lowest BCUT2D eigenvalue weighted by Crippen LogP contribution is -2.50. The Morgan fingerprint density at radius 2 is 1.72 bits per heavy atom. The number of halogens is 2. The van der Waals surface area contributed by atoms with Gasteiger partial charge in [-0.05, 0) is 50.5 Å². The summed E-state index contributed by atoms with van der Waals surface area (Å²) in [5.41, 5.74) is 1.00. The molecule has 2 aromatic rings. The Morgan fingerprint density at radius 1 is 1.08 bits per heavy atom. The predicted octanol–water partition coefficient (Wildman–Crippen LogP) is 5.41. The third-order valence-corrected chi connectivity index (χ3v) is 8.90. The van der Waals surface area contributed by atoms with Gasteiger partial charge in [-0.15, -0.1) is 0 Å². The number of amides is 2. The van der Waals surface area contributed by atoms with Gasteiger partial charge in [0.1, 0.15) is 11.8 Å². The zero-order chi connectivity index (χ0) is 28.6. The summed E-state index contributed by atoms with van der Waals surface area (Å²) in [5, 5.41) is 3.91. The van der Waals surface area contributed by atoms with Crippen molar-refractivity contribution >= 4 is 50.7 Å². The van der Waals surface area contributed by atoms with E-state index in [0.29, 0.717) is 27.0 Å². The fraction of sp³-hybridized carbons (Fsp3) is 0.500. The molecule has 3 rings (SSSR count). The smallest absolute Gasteiger partial charge is 0.242 e. The number of carbonyl (C=O) groups excluding carboxylic acids is 2. The summed E-state index contributed by atoms with van der Waals surface area (Å²) in [5.74, 6) is 0.00164. The van der Waals surface area contributed by atoms with Crippen molar-refractivity contribution in [3.63, 3.8) is 0 Å². The summed E-state index contributed by atoms with van der Waals surface area (Å²) < 4.78 is 31.6. The van der Waals surface area contributed by atoms with Crippen LogP contribution in [-0.4, -0.2) is 57.1 Å². The van der Waals surface area contributed by atoms with E-state index in [4.69, 9.17) is 27.9 Å². The molecule has 1 atom stereocenters. The summed E-state index contributed by atoms with van der Waals surface area (Å²) in [6.07, 6.45) is 6.55. The van der Waals surface area contributed by atoms with Gasteiger partial charge in [0.05, 0.1) is 19.1 Å². The first-order valence-corrected chi connectivity index (χ1v) is 15.8. The molecule has 0 aliphatic heterocycles. The number of methoxy groups -OCH3 is 1. The van der Waals surface area contributed by atoms with Gasteiger partial charge in [-0.25, -0.2) is 8.42 Å². The van der Waals surface area contributed by atoms with E-state index in [1.807, 2.05) is 0 Å². The highest BCUT2D eigenvalue weighted by Gasteiger charge is 2.29. The van der Waals surface area contributed by atoms with E-state index in [9.17, 15) is 18.0 Å². The molecule has 0 saturated heterocycles. The number of ether oxygens (including phenoxy) is 1. The van der Waals surface area contributed by atoms with Gasteiger partial charge < -0.3 is 15.0 Å². The van der Waals surface area contributed by atoms with Gasteiger partial charge in [0.15, 0.2) is 0 Å². The number of rotatable bonds is 12. The quantitative estimate of drug-likeness (QED) is 0.352. The van der Waals surface area contributed by atoms with Crippen LogP contribution in [0.5, 0.6) is 5.75 Å². The largest absolute Gasteiger partial charge is 0.497 e. The summed E-state index contributed by atoms with van der Waals surface area (Å²) in [6, 6.07) is 11.2. The van der Waals surface area contributed by atoms with E-state index in [-0.39, 0.29) is 43.8 Å². The fourth-order valence-corrected chi connectivity index (χ4v) is 6.25. The normalized spacial score (nSPS) is 14.9. The SMILES string of the molecule is COc1cccc(N(CCCC(=O)N(Cc2c(Cl)cccc2Cl)[C@H](C)C(=O)NC2CCCCC2)S(C)(=O)=O)c1. The first kappa shape index (κ1) is 31.0. The number of nitrogens with one attached hydrogen (secondary N) is 1. The molecule has 0 aromatic heterocycles. The lowest BCUT2D eigenvalue weighted by molar-refractivity contribution is -0.141. The van der Waals surface area contributed by atoms with Crippen LogP contribution < -0.4 is 14.4 Å². The van der Waals surface area contributed by atoms with E-state index >= 15 is 0 Å². The molecule has 0 heterocycles. The van der Waals surface area contributed by atoms with Crippen LogP contribution in [-0.2, 0) is 26.2 Å². The van der Waals surface area contributed by atoms with E-state index in [1.165, 1.54) is 16.3 Å². The maximum absolute atomic E-state index is 13.5. The Kier molecular flexibility index (Phi) is 11.3. The van der Waals surface area contributed by atoms with Crippen LogP contribution in [0.15, 0.2) is 42.5 Å². The molecule has 2 amide bonds. The van der Waals surface area contributed by atoms with Gasteiger partial charge in [0, 0.05) is 47.2 Å². The van der Waals surface area contributed by atoms with Crippen molar-refractivity contribution in [3.05, 3.63) is 58.1 Å². The van der Waals surface area contributed by atoms with Crippen molar-refractivity contribution in [2.75, 3.05) is 24.2 Å². The number of anilines is 1. The molecule has 2 aromatic carbocycles. The van der Waals surface area contributed by atoms with Gasteiger partial charge in [0.2, 0.25) is 21.8 Å². The molecule has 1 aliphatic carbocycles. The molecular formula is C28H37Cl2N3O5S. The first-order valence-electron chi connectivity index (χ1n) is 13.2. The lowest BCUT2D eigenvalue weighted by Gasteiger charge is -2.32. The number of sulfonamides is 1. The van der Waals surface area contributed by atoms with Gasteiger partial charge >= 0.3 is 0 Å². The standard InChI is InChI=1S/C28H37Cl2N3O5S/c1-20(28(35)31-21-10-5-4-6-11-21)32(19-24-25(29)14-8-15-26(24)30)27(34)16-9-17-33(39(3,36)37)22-12-7-13-23(18-22)38-2/h7-8,12-15,18,20-21H,4-6,9-11,16-17,19H2,1-3H3,(H,31,35)/t20-/m1/s1. The van der Waals surface area contributed by atoms with Crippen LogP contribution in [0.4, 0.5) is 5.69 Å². The highest BCUT2D eigenvalue weighted by Crippen LogP contribution is 2.28. The third kappa shape index (κ3) is 8.75. The molecule has 1 N–H and O–H groups in total. The minimum atomic E-state index is -3.61. The van der Waals surface area contributed by atoms with Crippen molar-refractivity contribution in [2.45, 2.75) is 70.5 Å². The lowest BCUT2D eigenvalue weighted by atomic mass is 9.95. The Labute approximate surface area is 241 Å². The highest BCUT2D eigenvalue weighted by atomic mass is 35.5. The van der Waals surface area contributed by atoms with Crippen molar-refractivity contribution in [3.8, 4) is 5.75 Å². The van der Waals surface area contributed by atoms with Crippen LogP contribution in [0.1, 0.15) is 57.4 Å². The molecule has 8 nitrogen and oxygen atoms in total. The number of nitrogens with zero attached hydrogens (tertiary/aromatic N) is 2. The van der Waals surface area contributed by atoms with Crippen LogP contribution >= 0.6 is 23.2 Å². The molecule has 214 valence electrons. The average Bonchev–Trinajstić information content (AvgIpc) is 2.90. The van der Waals surface area contributed by atoms with Gasteiger partial charge in [-0.1, -0.05) is 54.6 Å². The van der Waals surface area contributed by atoms with E-state index in [0.717, 1.165) is 38.4 Å². The van der Waals surface area contributed by atoms with Crippen molar-refractivity contribution in [1.29, 1.82) is 0 Å². The van der Waals surface area contributed by atoms with Crippen LogP contribution in [0, 0.1) is 0 Å². The number of carbonyl (C=O) groups is 2. The van der Waals surface area contributed by atoms with Gasteiger partial charge in [0.25, 0.3) is 0 Å². The Balaban J connectivity index is 1.76. The van der Waals surface area contributed by atoms with Crippen LogP contribution in [0.2, 0.25) is 10.0 Å². The second kappa shape index (κ2) is 14.2. The molecule has 0 unspecified atom stereocenters. The number of benzene rings is 2. The summed E-state index contributed by atoms with van der Waals surface area (Å²) in [6.45, 7) is 1.84. The van der Waals surface area contributed by atoms with E-state index in [1.54, 1.807) is 49.4 Å². The van der Waals surface area contributed by atoms with Crippen molar-refractivity contribution in [2.24, 2.45) is 0 Å². The molecule has 39 heavy (non-hydrogen) atoms. The molecule has 1 fully saturated rings. The second-order valence-electron chi connectivity index (χ2n) is 9.88. The molecule has 0 radical (unpaired) electrons. The molecule has 1 saturated carbocycles. The number of hydrogen-bond acceptors (Lipinski definition) is 5. The fourth-order valence-electron chi connectivity index (χ4n) is 4.77. The minimum absolute atomic E-state index is 0.0269. The van der Waals surface area contributed by atoms with E-state index < -0.39 is 16.1 Å². The zero-order valence-electron chi connectivity index (χ0n) is 22.7. The zero-order valence-corrected chi connectivity index (χ0v) is 25.0. The molecular weight excluding hydrogens is 561 g/mol. The highest BCUT2D eigenvalue weighted by molar-refractivity contribution is 7.92. The third-order valence-electron chi connectivity index (χ3n) is 7.00. The Bertz CT molecular complexity index is 1230. The maximum Gasteiger partial charge on any atom is 0.242 e. The Morgan fingerprint density at radius 3 is 2.33 bits per heavy atom. The minimum Gasteiger partial charge on any atom is -0.497 e. The van der Waals surface area contributed by atoms with Gasteiger partial charge in [-0.3, -0.25) is 13.9 Å². The van der Waals surface area contributed by atoms with E-state index in [2.05, 4.69) is 5.32 Å². The Hall–Kier alpha value is -2.49. The maximum atomic E-state index is 13.5. The number of hydrogen-bond donors (Lipinski definition) is 1. The van der Waals surface area contributed by atoms with Crippen molar-refractivity contribution in [1.82, 2.24) is 10.2 Å². The average molecular weight is 599 g/mol. The monoisotopic (exact) mass is 597 g/mol. The first-order chi connectivity index (χ1) is 18.5. The summed E-state index contributed by atoms with van der Waals surface area (Å²) in [4.78, 5) is 28.2. The second-order valence-corrected chi connectivity index (χ2v) is 12.6. The topological polar surface area (TPSA) is 96.0 Å². The van der Waals surface area contributed by atoms with Crippen LogP contribution in [0.25, 0.3) is 0 Å². The predicted molar refractivity (Wildman–Crippen MR) is 156 cm³/mol. The molecule has 11 heteroatoms. The van der Waals surface area contributed by atoms with Gasteiger partial charge in [-0.2, -0.15) is 0 Å². The van der Waals surface area contributed by atoms with Crippen molar-refractivity contribution < 1.29 is 22.7 Å². The summed E-state index contributed by atoms with van der Waals surface area (Å²) in [7, 11) is -2.11. The van der Waals surface area contributed by atoms with Crippen LogP contribution in [0.3, 0.4) is 0 Å². The summed E-state index contributed by atoms with van der Waals surface area (Å²) >= 11 is 12.8. The molecule has 0 bridgehead atoms. The molecule has 0 spiro atoms. The molecule has 1 aliphatic rings.